The number of esters is 1. The van der Waals surface area contributed by atoms with Gasteiger partial charge in [0, 0.05) is 18.5 Å². The third-order valence-corrected chi connectivity index (χ3v) is 7.60. The van der Waals surface area contributed by atoms with Crippen LogP contribution in [0.5, 0.6) is 0 Å². The van der Waals surface area contributed by atoms with Gasteiger partial charge >= 0.3 is 5.97 Å². The van der Waals surface area contributed by atoms with E-state index < -0.39 is 5.97 Å². The molecule has 1 aliphatic heterocycles. The van der Waals surface area contributed by atoms with Crippen molar-refractivity contribution in [2.75, 3.05) is 26.3 Å². The first-order valence-electron chi connectivity index (χ1n) is 11.1. The van der Waals surface area contributed by atoms with Crippen LogP contribution in [0.25, 0.3) is 21.0 Å². The summed E-state index contributed by atoms with van der Waals surface area (Å²) in [5, 5.41) is 7.21. The number of carbonyl (C=O) groups is 1. The van der Waals surface area contributed by atoms with Crippen molar-refractivity contribution >= 4 is 61.5 Å². The summed E-state index contributed by atoms with van der Waals surface area (Å²) in [4.78, 5) is 32.6. The summed E-state index contributed by atoms with van der Waals surface area (Å²) >= 11 is 13.7. The summed E-state index contributed by atoms with van der Waals surface area (Å²) in [6.07, 6.45) is -0.425. The summed E-state index contributed by atoms with van der Waals surface area (Å²) in [5.41, 5.74) is 0.926. The normalized spacial score (nSPS) is 15.5. The third-order valence-electron chi connectivity index (χ3n) is 5.88. The zero-order valence-electron chi connectivity index (χ0n) is 18.9. The molecule has 2 aromatic carbocycles. The second kappa shape index (κ2) is 10.2. The monoisotopic (exact) mass is 532 g/mol. The van der Waals surface area contributed by atoms with Gasteiger partial charge in [-0.15, -0.1) is 11.3 Å². The molecule has 182 valence electrons. The van der Waals surface area contributed by atoms with Gasteiger partial charge in [-0.2, -0.15) is 5.10 Å². The summed E-state index contributed by atoms with van der Waals surface area (Å²) in [6, 6.07) is 10.6. The minimum atomic E-state index is -0.406. The molecule has 0 bridgehead atoms. The Balaban J connectivity index is 1.43. The second-order valence-electron chi connectivity index (χ2n) is 8.21. The van der Waals surface area contributed by atoms with Gasteiger partial charge in [0.25, 0.3) is 5.56 Å². The molecule has 0 N–H and O–H groups in total. The lowest BCUT2D eigenvalue weighted by atomic mass is 10.1. The van der Waals surface area contributed by atoms with E-state index in [1.807, 2.05) is 13.0 Å². The fourth-order valence-corrected chi connectivity index (χ4v) is 5.45. The maximum atomic E-state index is 13.2. The summed E-state index contributed by atoms with van der Waals surface area (Å²) in [6.45, 7) is 4.65. The summed E-state index contributed by atoms with van der Waals surface area (Å²) in [7, 11) is 0. The fourth-order valence-electron chi connectivity index (χ4n) is 4.09. The Kier molecular flexibility index (Phi) is 7.04. The molecule has 4 aromatic rings. The highest BCUT2D eigenvalue weighted by atomic mass is 35.5. The maximum Gasteiger partial charge on any atom is 0.313 e. The molecule has 35 heavy (non-hydrogen) atoms. The van der Waals surface area contributed by atoms with Gasteiger partial charge < -0.3 is 9.47 Å². The van der Waals surface area contributed by atoms with E-state index in [1.54, 1.807) is 30.3 Å². The number of morpholine rings is 1. The van der Waals surface area contributed by atoms with Crippen LogP contribution < -0.4 is 5.56 Å². The lowest BCUT2D eigenvalue weighted by Crippen LogP contribution is -2.44. The number of ether oxygens (including phenoxy) is 2. The van der Waals surface area contributed by atoms with Gasteiger partial charge in [0.15, 0.2) is 6.23 Å². The van der Waals surface area contributed by atoms with Gasteiger partial charge in [-0.25, -0.2) is 9.67 Å². The summed E-state index contributed by atoms with van der Waals surface area (Å²) < 4.78 is 13.2. The first kappa shape index (κ1) is 24.1. The molecule has 0 amide bonds. The van der Waals surface area contributed by atoms with Crippen molar-refractivity contribution in [1.82, 2.24) is 19.7 Å². The van der Waals surface area contributed by atoms with Gasteiger partial charge in [0.05, 0.1) is 57.5 Å². The van der Waals surface area contributed by atoms with Crippen molar-refractivity contribution < 1.29 is 14.3 Å². The molecule has 1 saturated heterocycles. The molecule has 0 radical (unpaired) electrons. The predicted molar refractivity (Wildman–Crippen MR) is 136 cm³/mol. The number of halogens is 2. The van der Waals surface area contributed by atoms with Crippen molar-refractivity contribution in [1.29, 1.82) is 0 Å². The number of nitrogens with zero attached hydrogens (tertiary/aromatic N) is 4. The number of fused-ring (bicyclic) bond motifs is 2. The molecule has 5 rings (SSSR count). The highest BCUT2D eigenvalue weighted by Gasteiger charge is 2.22. The molecule has 0 saturated carbocycles. The van der Waals surface area contributed by atoms with Crippen LogP contribution in [0.3, 0.4) is 0 Å². The van der Waals surface area contributed by atoms with Crippen LogP contribution in [0, 0.1) is 0 Å². The van der Waals surface area contributed by atoms with E-state index in [1.165, 1.54) is 16.0 Å². The summed E-state index contributed by atoms with van der Waals surface area (Å²) in [5.74, 6) is -0.406. The van der Waals surface area contributed by atoms with E-state index >= 15 is 0 Å². The lowest BCUT2D eigenvalue weighted by molar-refractivity contribution is -0.160. The molecular weight excluding hydrogens is 511 g/mol. The average molecular weight is 533 g/mol. The topological polar surface area (TPSA) is 86.5 Å². The molecule has 1 aliphatic rings. The van der Waals surface area contributed by atoms with Crippen molar-refractivity contribution in [3.05, 3.63) is 67.5 Å². The number of rotatable bonds is 6. The van der Waals surface area contributed by atoms with Gasteiger partial charge in [0.1, 0.15) is 5.01 Å². The minimum Gasteiger partial charge on any atom is -0.446 e. The van der Waals surface area contributed by atoms with Crippen LogP contribution >= 0.6 is 34.5 Å². The molecule has 1 fully saturated rings. The van der Waals surface area contributed by atoms with E-state index in [9.17, 15) is 9.59 Å². The predicted octanol–water partition coefficient (Wildman–Crippen LogP) is 4.13. The Bertz CT molecular complexity index is 1430. The molecular formula is C24H22Cl2N4O4S. The maximum absolute atomic E-state index is 13.2. The minimum absolute atomic E-state index is 0.0550. The van der Waals surface area contributed by atoms with Crippen LogP contribution in [-0.4, -0.2) is 58.2 Å². The number of carbonyl (C=O) groups excluding carboxylic acids is 1. The van der Waals surface area contributed by atoms with Crippen molar-refractivity contribution in [3.8, 4) is 0 Å². The Labute approximate surface area is 215 Å². The van der Waals surface area contributed by atoms with E-state index in [4.69, 9.17) is 32.7 Å². The smallest absolute Gasteiger partial charge is 0.313 e. The van der Waals surface area contributed by atoms with Crippen LogP contribution in [0.15, 0.2) is 41.2 Å². The third kappa shape index (κ3) is 5.19. The second-order valence-corrected chi connectivity index (χ2v) is 10.1. The van der Waals surface area contributed by atoms with Gasteiger partial charge in [-0.3, -0.25) is 14.5 Å². The zero-order valence-corrected chi connectivity index (χ0v) is 21.2. The van der Waals surface area contributed by atoms with Crippen molar-refractivity contribution in [3.63, 3.8) is 0 Å². The lowest BCUT2D eigenvalue weighted by Gasteiger charge is -2.31. The van der Waals surface area contributed by atoms with E-state index in [-0.39, 0.29) is 24.8 Å². The highest BCUT2D eigenvalue weighted by Crippen LogP contribution is 2.31. The molecule has 8 nitrogen and oxygen atoms in total. The number of benzene rings is 2. The standard InChI is InChI=1S/C24H22Cl2N4O4S/c1-14(29-6-8-33-9-7-29)34-23(31)12-19-15-4-2-3-5-16(15)24(32)30(28-19)13-22-27-20-10-17(25)18(26)11-21(20)35-22/h2-5,10-11,14H,6-9,12-13H2,1H3. The van der Waals surface area contributed by atoms with Crippen LogP contribution in [0.2, 0.25) is 10.0 Å². The first-order valence-corrected chi connectivity index (χ1v) is 12.7. The van der Waals surface area contributed by atoms with Gasteiger partial charge in [-0.05, 0) is 25.1 Å². The number of aromatic nitrogens is 3. The largest absolute Gasteiger partial charge is 0.446 e. The van der Waals surface area contributed by atoms with Crippen LogP contribution in [-0.2, 0) is 27.2 Å². The van der Waals surface area contributed by atoms with Crippen LogP contribution in [0.1, 0.15) is 17.6 Å². The van der Waals surface area contributed by atoms with Crippen molar-refractivity contribution in [2.45, 2.75) is 26.1 Å². The highest BCUT2D eigenvalue weighted by molar-refractivity contribution is 7.18. The number of thiazole rings is 1. The van der Waals surface area contributed by atoms with E-state index in [2.05, 4.69) is 15.0 Å². The molecule has 1 unspecified atom stereocenters. The molecule has 0 aliphatic carbocycles. The quantitative estimate of drug-likeness (QED) is 0.345. The number of hydrogen-bond acceptors (Lipinski definition) is 8. The van der Waals surface area contributed by atoms with Crippen molar-refractivity contribution in [2.24, 2.45) is 0 Å². The van der Waals surface area contributed by atoms with Crippen LogP contribution in [0.4, 0.5) is 0 Å². The fraction of sp³-hybridized carbons (Fsp3) is 0.333. The average Bonchev–Trinajstić information content (AvgIpc) is 3.23. The molecule has 3 heterocycles. The Morgan fingerprint density at radius 2 is 1.89 bits per heavy atom. The SMILES string of the molecule is CC(OC(=O)Cc1nn(Cc2nc3cc(Cl)c(Cl)cc3s2)c(=O)c2ccccc12)N1CCOCC1. The number of hydrogen-bond donors (Lipinski definition) is 0. The van der Waals surface area contributed by atoms with E-state index in [0.717, 1.165) is 4.70 Å². The van der Waals surface area contributed by atoms with E-state index in [0.29, 0.717) is 63.3 Å². The Morgan fingerprint density at radius 1 is 1.17 bits per heavy atom. The zero-order chi connectivity index (χ0) is 24.5. The Hall–Kier alpha value is -2.56. The molecule has 11 heteroatoms. The molecule has 1 atom stereocenters. The Morgan fingerprint density at radius 3 is 2.66 bits per heavy atom. The molecule has 0 spiro atoms. The first-order chi connectivity index (χ1) is 16.9. The molecule has 2 aromatic heterocycles. The van der Waals surface area contributed by atoms with Gasteiger partial charge in [0.2, 0.25) is 0 Å². The van der Waals surface area contributed by atoms with Gasteiger partial charge in [-0.1, -0.05) is 41.4 Å².